The molecule has 1 aromatic rings. The molecule has 4 fully saturated rings. The van der Waals surface area contributed by atoms with Crippen molar-refractivity contribution in [3.05, 3.63) is 35.9 Å². The van der Waals surface area contributed by atoms with E-state index in [1.54, 1.807) is 0 Å². The first-order valence-corrected chi connectivity index (χ1v) is 8.64. The van der Waals surface area contributed by atoms with Crippen LogP contribution in [0.15, 0.2) is 30.3 Å². The van der Waals surface area contributed by atoms with E-state index in [9.17, 15) is 4.79 Å². The highest BCUT2D eigenvalue weighted by Gasteiger charge is 2.68. The molecule has 0 radical (unpaired) electrons. The summed E-state index contributed by atoms with van der Waals surface area (Å²) in [5.74, 6) is 0.336. The third-order valence-electron chi connectivity index (χ3n) is 5.87. The van der Waals surface area contributed by atoms with Crippen LogP contribution in [0.1, 0.15) is 44.6 Å². The Kier molecular flexibility index (Phi) is 3.30. The molecule has 1 amide bonds. The first-order chi connectivity index (χ1) is 10.6. The molecule has 4 aliphatic rings. The number of likely N-dealkylation sites (tertiary alicyclic amines) is 1. The SMILES string of the molecule is CC12CC(C(=O)NC3CCCN(Cc4ccccc4)C3)(C1)C2. The first kappa shape index (κ1) is 14.3. The molecule has 1 aromatic carbocycles. The average molecular weight is 298 g/mol. The van der Waals surface area contributed by atoms with Crippen molar-refractivity contribution in [3.8, 4) is 0 Å². The third-order valence-corrected chi connectivity index (χ3v) is 5.87. The fourth-order valence-corrected chi connectivity index (χ4v) is 5.03. The van der Waals surface area contributed by atoms with Crippen molar-refractivity contribution in [2.45, 2.75) is 51.6 Å². The van der Waals surface area contributed by atoms with Crippen molar-refractivity contribution < 1.29 is 4.79 Å². The number of rotatable bonds is 4. The molecule has 3 saturated carbocycles. The summed E-state index contributed by atoms with van der Waals surface area (Å²) in [6.45, 7) is 5.44. The third kappa shape index (κ3) is 2.45. The van der Waals surface area contributed by atoms with E-state index in [0.29, 0.717) is 17.4 Å². The highest BCUT2D eigenvalue weighted by Crippen LogP contribution is 2.73. The van der Waals surface area contributed by atoms with E-state index in [4.69, 9.17) is 0 Å². The molecule has 0 spiro atoms. The molecule has 1 atom stereocenters. The number of carbonyl (C=O) groups is 1. The van der Waals surface area contributed by atoms with Crippen molar-refractivity contribution in [2.75, 3.05) is 13.1 Å². The molecular weight excluding hydrogens is 272 g/mol. The van der Waals surface area contributed by atoms with Crippen molar-refractivity contribution in [1.29, 1.82) is 0 Å². The summed E-state index contributed by atoms with van der Waals surface area (Å²) in [5.41, 5.74) is 1.89. The lowest BCUT2D eigenvalue weighted by molar-refractivity contribution is -0.200. The molecule has 5 rings (SSSR count). The molecule has 22 heavy (non-hydrogen) atoms. The van der Waals surface area contributed by atoms with Gasteiger partial charge in [0.1, 0.15) is 0 Å². The van der Waals surface area contributed by atoms with Crippen LogP contribution in [-0.4, -0.2) is 29.9 Å². The Labute approximate surface area is 133 Å². The Hall–Kier alpha value is -1.35. The Morgan fingerprint density at radius 2 is 2.00 bits per heavy atom. The number of amides is 1. The summed E-state index contributed by atoms with van der Waals surface area (Å²) in [5, 5.41) is 3.35. The van der Waals surface area contributed by atoms with Crippen LogP contribution in [0.2, 0.25) is 0 Å². The minimum atomic E-state index is 0.0243. The fourth-order valence-electron chi connectivity index (χ4n) is 5.03. The summed E-state index contributed by atoms with van der Waals surface area (Å²) in [4.78, 5) is 15.0. The lowest BCUT2D eigenvalue weighted by Gasteiger charge is -2.68. The van der Waals surface area contributed by atoms with Gasteiger partial charge in [-0.25, -0.2) is 0 Å². The second-order valence-electron chi connectivity index (χ2n) is 8.15. The number of hydrogen-bond acceptors (Lipinski definition) is 2. The molecule has 3 aliphatic carbocycles. The van der Waals surface area contributed by atoms with Gasteiger partial charge >= 0.3 is 0 Å². The van der Waals surface area contributed by atoms with Gasteiger partial charge in [-0.1, -0.05) is 37.3 Å². The van der Waals surface area contributed by atoms with E-state index in [1.807, 2.05) is 0 Å². The number of nitrogens with zero attached hydrogens (tertiary/aromatic N) is 1. The average Bonchev–Trinajstić information content (AvgIpc) is 2.44. The summed E-state index contributed by atoms with van der Waals surface area (Å²) in [6.07, 6.45) is 5.66. The molecule has 1 unspecified atom stereocenters. The zero-order valence-electron chi connectivity index (χ0n) is 13.5. The highest BCUT2D eigenvalue weighted by molar-refractivity contribution is 5.86. The van der Waals surface area contributed by atoms with Gasteiger partial charge in [0.05, 0.1) is 5.41 Å². The number of hydrogen-bond donors (Lipinski definition) is 1. The monoisotopic (exact) mass is 298 g/mol. The van der Waals surface area contributed by atoms with Crippen LogP contribution in [0.5, 0.6) is 0 Å². The molecular formula is C19H26N2O. The number of piperidine rings is 1. The lowest BCUT2D eigenvalue weighted by Crippen LogP contribution is -2.67. The van der Waals surface area contributed by atoms with Crippen LogP contribution in [0.25, 0.3) is 0 Å². The topological polar surface area (TPSA) is 32.3 Å². The van der Waals surface area contributed by atoms with Crippen molar-refractivity contribution >= 4 is 5.91 Å². The second-order valence-corrected chi connectivity index (χ2v) is 8.15. The standard InChI is InChI=1S/C19H26N2O/c1-18-12-19(13-18,14-18)17(22)20-16-8-5-9-21(11-16)10-15-6-3-2-4-7-15/h2-4,6-7,16H,5,8-14H2,1H3,(H,20,22). The predicted octanol–water partition coefficient (Wildman–Crippen LogP) is 2.96. The Morgan fingerprint density at radius 3 is 2.68 bits per heavy atom. The van der Waals surface area contributed by atoms with Crippen molar-refractivity contribution in [3.63, 3.8) is 0 Å². The maximum atomic E-state index is 12.5. The maximum absolute atomic E-state index is 12.5. The molecule has 1 heterocycles. The van der Waals surface area contributed by atoms with Crippen LogP contribution < -0.4 is 5.32 Å². The minimum absolute atomic E-state index is 0.0243. The number of benzene rings is 1. The van der Waals surface area contributed by atoms with Gasteiger partial charge in [-0.15, -0.1) is 0 Å². The van der Waals surface area contributed by atoms with Crippen LogP contribution >= 0.6 is 0 Å². The van der Waals surface area contributed by atoms with E-state index >= 15 is 0 Å². The zero-order valence-corrected chi connectivity index (χ0v) is 13.5. The predicted molar refractivity (Wildman–Crippen MR) is 87.3 cm³/mol. The molecule has 1 aliphatic heterocycles. The van der Waals surface area contributed by atoms with E-state index in [-0.39, 0.29) is 5.41 Å². The van der Waals surface area contributed by atoms with Gasteiger partial charge in [0.15, 0.2) is 0 Å². The van der Waals surface area contributed by atoms with Crippen LogP contribution in [0, 0.1) is 10.8 Å². The summed E-state index contributed by atoms with van der Waals surface area (Å²) in [6, 6.07) is 11.0. The van der Waals surface area contributed by atoms with E-state index < -0.39 is 0 Å². The van der Waals surface area contributed by atoms with Crippen LogP contribution in [-0.2, 0) is 11.3 Å². The fraction of sp³-hybridized carbons (Fsp3) is 0.632. The van der Waals surface area contributed by atoms with Crippen LogP contribution in [0.4, 0.5) is 0 Å². The van der Waals surface area contributed by atoms with E-state index in [1.165, 1.54) is 12.0 Å². The largest absolute Gasteiger partial charge is 0.352 e. The second kappa shape index (κ2) is 5.09. The highest BCUT2D eigenvalue weighted by atomic mass is 16.2. The lowest BCUT2D eigenvalue weighted by atomic mass is 9.35. The molecule has 3 nitrogen and oxygen atoms in total. The van der Waals surface area contributed by atoms with Crippen molar-refractivity contribution in [2.24, 2.45) is 10.8 Å². The minimum Gasteiger partial charge on any atom is -0.352 e. The molecule has 1 saturated heterocycles. The van der Waals surface area contributed by atoms with Gasteiger partial charge in [-0.2, -0.15) is 0 Å². The maximum Gasteiger partial charge on any atom is 0.226 e. The van der Waals surface area contributed by atoms with Gasteiger partial charge in [0.25, 0.3) is 0 Å². The molecule has 118 valence electrons. The van der Waals surface area contributed by atoms with E-state index in [0.717, 1.165) is 45.3 Å². The first-order valence-electron chi connectivity index (χ1n) is 8.64. The van der Waals surface area contributed by atoms with Gasteiger partial charge in [0, 0.05) is 19.1 Å². The summed E-state index contributed by atoms with van der Waals surface area (Å²) in [7, 11) is 0. The van der Waals surface area contributed by atoms with Gasteiger partial charge < -0.3 is 5.32 Å². The normalized spacial score (nSPS) is 37.0. The summed E-state index contributed by atoms with van der Waals surface area (Å²) >= 11 is 0. The Bertz CT molecular complexity index is 548. The van der Waals surface area contributed by atoms with Gasteiger partial charge in [0.2, 0.25) is 5.91 Å². The number of nitrogens with one attached hydrogen (secondary N) is 1. The Morgan fingerprint density at radius 1 is 1.27 bits per heavy atom. The summed E-state index contributed by atoms with van der Waals surface area (Å²) < 4.78 is 0. The van der Waals surface area contributed by atoms with E-state index in [2.05, 4.69) is 47.5 Å². The molecule has 0 aromatic heterocycles. The van der Waals surface area contributed by atoms with Crippen LogP contribution in [0.3, 0.4) is 0 Å². The quantitative estimate of drug-likeness (QED) is 0.927. The molecule has 3 heteroatoms. The Balaban J connectivity index is 1.31. The molecule has 2 bridgehead atoms. The zero-order chi connectivity index (χ0) is 15.2. The van der Waals surface area contributed by atoms with Gasteiger partial charge in [-0.05, 0) is 49.6 Å². The van der Waals surface area contributed by atoms with Crippen molar-refractivity contribution in [1.82, 2.24) is 10.2 Å². The smallest absolute Gasteiger partial charge is 0.226 e. The van der Waals surface area contributed by atoms with Gasteiger partial charge in [-0.3, -0.25) is 9.69 Å². The number of carbonyl (C=O) groups excluding carboxylic acids is 1. The molecule has 1 N–H and O–H groups in total.